The number of carbonyl (C=O) groups excluding carboxylic acids is 1. The number of nitrogens with zero attached hydrogens (tertiary/aromatic N) is 1. The van der Waals surface area contributed by atoms with Gasteiger partial charge in [0.2, 0.25) is 0 Å². The highest BCUT2D eigenvalue weighted by atomic mass is 35.5. The molecule has 3 aliphatic heterocycles. The van der Waals surface area contributed by atoms with E-state index in [0.29, 0.717) is 13.2 Å². The second kappa shape index (κ2) is 6.57. The summed E-state index contributed by atoms with van der Waals surface area (Å²) >= 11 is 0. The second-order valence-corrected chi connectivity index (χ2v) is 6.52. The largest absolute Gasteiger partial charge is 0.372 e. The maximum absolute atomic E-state index is 12.7. The van der Waals surface area contributed by atoms with Crippen molar-refractivity contribution in [3.63, 3.8) is 0 Å². The molecule has 0 saturated carbocycles. The summed E-state index contributed by atoms with van der Waals surface area (Å²) in [5.74, 6) is 1.71. The molecule has 2 fully saturated rings. The Balaban J connectivity index is 0.00000144. The van der Waals surface area contributed by atoms with Crippen LogP contribution in [0.5, 0.6) is 0 Å². The van der Waals surface area contributed by atoms with Crippen molar-refractivity contribution < 1.29 is 9.53 Å². The summed E-state index contributed by atoms with van der Waals surface area (Å²) in [5.41, 5.74) is 3.23. The zero-order valence-corrected chi connectivity index (χ0v) is 13.5. The summed E-state index contributed by atoms with van der Waals surface area (Å²) in [5, 5.41) is 3.48. The molecule has 3 aliphatic rings. The lowest BCUT2D eigenvalue weighted by Crippen LogP contribution is -2.32. The average Bonchev–Trinajstić information content (AvgIpc) is 3.11. The monoisotopic (exact) mass is 322 g/mol. The highest BCUT2D eigenvalue weighted by Gasteiger charge is 2.31. The van der Waals surface area contributed by atoms with Crippen LogP contribution in [0.3, 0.4) is 0 Å². The fraction of sp³-hybridized carbons (Fsp3) is 0.588. The van der Waals surface area contributed by atoms with Crippen molar-refractivity contribution in [2.24, 2.45) is 11.8 Å². The lowest BCUT2D eigenvalue weighted by atomic mass is 9.92. The molecular formula is C17H23ClN2O2. The number of ether oxygens (including phenoxy) is 1. The van der Waals surface area contributed by atoms with Gasteiger partial charge in [-0.3, -0.25) is 4.79 Å². The fourth-order valence-corrected chi connectivity index (χ4v) is 3.91. The fourth-order valence-electron chi connectivity index (χ4n) is 3.91. The molecule has 0 radical (unpaired) electrons. The number of carbonyl (C=O) groups is 1. The lowest BCUT2D eigenvalue weighted by Gasteiger charge is -2.21. The molecule has 4 rings (SSSR count). The van der Waals surface area contributed by atoms with Crippen LogP contribution in [0, 0.1) is 11.8 Å². The van der Waals surface area contributed by atoms with Gasteiger partial charge < -0.3 is 15.0 Å². The van der Waals surface area contributed by atoms with Gasteiger partial charge in [-0.25, -0.2) is 0 Å². The van der Waals surface area contributed by atoms with Gasteiger partial charge in [-0.15, -0.1) is 12.4 Å². The smallest absolute Gasteiger partial charge is 0.253 e. The van der Waals surface area contributed by atoms with Gasteiger partial charge in [0.15, 0.2) is 0 Å². The Morgan fingerprint density at radius 2 is 1.77 bits per heavy atom. The molecule has 0 unspecified atom stereocenters. The van der Waals surface area contributed by atoms with Crippen LogP contribution in [0.1, 0.15) is 34.3 Å². The number of halogens is 1. The minimum atomic E-state index is 0. The van der Waals surface area contributed by atoms with Crippen LogP contribution in [0.2, 0.25) is 0 Å². The van der Waals surface area contributed by atoms with E-state index in [-0.39, 0.29) is 18.3 Å². The van der Waals surface area contributed by atoms with Crippen molar-refractivity contribution in [1.29, 1.82) is 0 Å². The summed E-state index contributed by atoms with van der Waals surface area (Å²) in [4.78, 5) is 14.8. The van der Waals surface area contributed by atoms with E-state index in [2.05, 4.69) is 10.2 Å². The molecular weight excluding hydrogens is 300 g/mol. The number of amides is 1. The number of fused-ring (bicyclic) bond motifs is 2. The third-order valence-corrected chi connectivity index (χ3v) is 5.27. The topological polar surface area (TPSA) is 41.6 Å². The number of nitrogens with one attached hydrogen (secondary N) is 1. The molecule has 2 saturated heterocycles. The Morgan fingerprint density at radius 3 is 2.50 bits per heavy atom. The van der Waals surface area contributed by atoms with Crippen LogP contribution in [0.15, 0.2) is 18.2 Å². The van der Waals surface area contributed by atoms with E-state index in [4.69, 9.17) is 4.74 Å². The van der Waals surface area contributed by atoms with E-state index in [0.717, 1.165) is 56.4 Å². The maximum atomic E-state index is 12.7. The normalized spacial score (nSPS) is 26.8. The Labute approximate surface area is 137 Å². The van der Waals surface area contributed by atoms with Crippen molar-refractivity contribution in [2.75, 3.05) is 26.2 Å². The first-order valence-corrected chi connectivity index (χ1v) is 8.01. The van der Waals surface area contributed by atoms with E-state index in [1.807, 2.05) is 18.2 Å². The van der Waals surface area contributed by atoms with Crippen LogP contribution < -0.4 is 5.32 Å². The van der Waals surface area contributed by atoms with Gasteiger partial charge in [0.1, 0.15) is 0 Å². The third-order valence-electron chi connectivity index (χ3n) is 5.27. The van der Waals surface area contributed by atoms with Gasteiger partial charge >= 0.3 is 0 Å². The molecule has 3 heterocycles. The van der Waals surface area contributed by atoms with Crippen LogP contribution in [0.25, 0.3) is 0 Å². The van der Waals surface area contributed by atoms with Gasteiger partial charge in [-0.1, -0.05) is 6.07 Å². The summed E-state index contributed by atoms with van der Waals surface area (Å²) in [6.07, 6.45) is 2.27. The van der Waals surface area contributed by atoms with Crippen molar-refractivity contribution in [3.8, 4) is 0 Å². The summed E-state index contributed by atoms with van der Waals surface area (Å²) in [6.45, 7) is 5.38. The molecule has 1 aromatic carbocycles. The molecule has 5 heteroatoms. The minimum absolute atomic E-state index is 0. The van der Waals surface area contributed by atoms with Gasteiger partial charge in [0.05, 0.1) is 13.2 Å². The molecule has 0 bridgehead atoms. The molecule has 0 aromatic heterocycles. The minimum Gasteiger partial charge on any atom is -0.372 e. The van der Waals surface area contributed by atoms with Crippen molar-refractivity contribution in [2.45, 2.75) is 26.1 Å². The maximum Gasteiger partial charge on any atom is 0.253 e. The van der Waals surface area contributed by atoms with Gasteiger partial charge in [0, 0.05) is 18.7 Å². The first-order valence-electron chi connectivity index (χ1n) is 8.01. The molecule has 0 aliphatic carbocycles. The molecule has 2 atom stereocenters. The van der Waals surface area contributed by atoms with Crippen LogP contribution in [-0.2, 0) is 18.0 Å². The van der Waals surface area contributed by atoms with Crippen LogP contribution in [0.4, 0.5) is 0 Å². The highest BCUT2D eigenvalue weighted by molar-refractivity contribution is 5.94. The molecule has 0 spiro atoms. The van der Waals surface area contributed by atoms with E-state index in [1.54, 1.807) is 0 Å². The van der Waals surface area contributed by atoms with E-state index >= 15 is 0 Å². The first kappa shape index (κ1) is 15.8. The summed E-state index contributed by atoms with van der Waals surface area (Å²) in [7, 11) is 0. The first-order chi connectivity index (χ1) is 10.3. The Morgan fingerprint density at radius 1 is 1.09 bits per heavy atom. The molecule has 22 heavy (non-hydrogen) atoms. The Bertz CT molecular complexity index is 550. The van der Waals surface area contributed by atoms with Gasteiger partial charge in [-0.05, 0) is 61.0 Å². The Kier molecular flexibility index (Phi) is 4.71. The summed E-state index contributed by atoms with van der Waals surface area (Å²) < 4.78 is 5.43. The Hall–Kier alpha value is -1.10. The van der Waals surface area contributed by atoms with E-state index < -0.39 is 0 Å². The third kappa shape index (κ3) is 2.87. The molecule has 1 N–H and O–H groups in total. The summed E-state index contributed by atoms with van der Waals surface area (Å²) in [6, 6.07) is 6.03. The molecule has 120 valence electrons. The van der Waals surface area contributed by atoms with Crippen molar-refractivity contribution in [1.82, 2.24) is 10.2 Å². The quantitative estimate of drug-likeness (QED) is 0.862. The SMILES string of the molecule is Cl.O=C(c1ccc2c(c1)COC2)N1CC[C@@H]2CNC[C@@H]2CC1. The predicted octanol–water partition coefficient (Wildman–Crippen LogP) is 2.21. The van der Waals surface area contributed by atoms with Gasteiger partial charge in [0.25, 0.3) is 5.91 Å². The lowest BCUT2D eigenvalue weighted by molar-refractivity contribution is 0.0758. The number of hydrogen-bond acceptors (Lipinski definition) is 3. The average molecular weight is 323 g/mol. The van der Waals surface area contributed by atoms with E-state index in [9.17, 15) is 4.79 Å². The second-order valence-electron chi connectivity index (χ2n) is 6.52. The van der Waals surface area contributed by atoms with Crippen LogP contribution in [-0.4, -0.2) is 37.0 Å². The van der Waals surface area contributed by atoms with Crippen molar-refractivity contribution in [3.05, 3.63) is 34.9 Å². The predicted molar refractivity (Wildman–Crippen MR) is 87.2 cm³/mol. The number of benzene rings is 1. The standard InChI is InChI=1S/C17H22N2O2.ClH/c20-17(12-1-2-15-10-21-11-16(15)7-12)19-5-3-13-8-18-9-14(13)4-6-19;/h1-2,7,13-14,18H,3-6,8-11H2;1H/t13-,14+;. The zero-order chi connectivity index (χ0) is 14.2. The number of rotatable bonds is 1. The molecule has 1 amide bonds. The number of likely N-dealkylation sites (tertiary alicyclic amines) is 1. The zero-order valence-electron chi connectivity index (χ0n) is 12.7. The van der Waals surface area contributed by atoms with Crippen LogP contribution >= 0.6 is 12.4 Å². The van der Waals surface area contributed by atoms with Gasteiger partial charge in [-0.2, -0.15) is 0 Å². The van der Waals surface area contributed by atoms with E-state index in [1.165, 1.54) is 11.1 Å². The molecule has 4 nitrogen and oxygen atoms in total. The number of hydrogen-bond donors (Lipinski definition) is 1. The molecule has 1 aromatic rings. The van der Waals surface area contributed by atoms with Crippen molar-refractivity contribution >= 4 is 18.3 Å². The highest BCUT2D eigenvalue weighted by Crippen LogP contribution is 2.28.